The van der Waals surface area contributed by atoms with Crippen molar-refractivity contribution in [1.29, 1.82) is 0 Å². The highest BCUT2D eigenvalue weighted by molar-refractivity contribution is 7.89. The van der Waals surface area contributed by atoms with E-state index in [-0.39, 0.29) is 17.3 Å². The Labute approximate surface area is 188 Å². The molecule has 0 radical (unpaired) electrons. The van der Waals surface area contributed by atoms with Crippen LogP contribution in [0.15, 0.2) is 58.8 Å². The van der Waals surface area contributed by atoms with Crippen LogP contribution in [0.1, 0.15) is 6.92 Å². The molecule has 2 aromatic carbocycles. The number of benzene rings is 2. The van der Waals surface area contributed by atoms with Crippen LogP contribution in [-0.4, -0.2) is 43.1 Å². The number of amides is 2. The monoisotopic (exact) mass is 478 g/mol. The molecular formula is C20H19ClN4O4S2. The van der Waals surface area contributed by atoms with Crippen LogP contribution >= 0.6 is 22.9 Å². The minimum atomic E-state index is -3.83. The molecule has 0 aliphatic heterocycles. The van der Waals surface area contributed by atoms with Crippen molar-refractivity contribution in [3.63, 3.8) is 0 Å². The van der Waals surface area contributed by atoms with Crippen molar-refractivity contribution in [2.24, 2.45) is 0 Å². The predicted molar refractivity (Wildman–Crippen MR) is 122 cm³/mol. The van der Waals surface area contributed by atoms with Crippen LogP contribution in [0.2, 0.25) is 5.02 Å². The van der Waals surface area contributed by atoms with Gasteiger partial charge in [0.2, 0.25) is 21.8 Å². The first-order valence-electron chi connectivity index (χ1n) is 9.00. The number of sulfonamides is 1. The summed E-state index contributed by atoms with van der Waals surface area (Å²) in [4.78, 5) is 27.8. The Morgan fingerprint density at radius 3 is 2.32 bits per heavy atom. The number of carbonyl (C=O) groups excluding carboxylic acids is 2. The zero-order valence-corrected chi connectivity index (χ0v) is 19.0. The van der Waals surface area contributed by atoms with Gasteiger partial charge in [-0.3, -0.25) is 9.59 Å². The maximum absolute atomic E-state index is 12.6. The smallest absolute Gasteiger partial charge is 0.243 e. The lowest BCUT2D eigenvalue weighted by molar-refractivity contribution is -0.116. The van der Waals surface area contributed by atoms with E-state index in [4.69, 9.17) is 11.6 Å². The Kier molecular flexibility index (Phi) is 7.06. The van der Waals surface area contributed by atoms with Gasteiger partial charge in [-0.2, -0.15) is 4.31 Å². The molecule has 0 unspecified atom stereocenters. The molecule has 0 saturated carbocycles. The Morgan fingerprint density at radius 2 is 1.71 bits per heavy atom. The molecule has 2 amide bonds. The summed E-state index contributed by atoms with van der Waals surface area (Å²) in [5.41, 5.74) is 2.13. The molecule has 0 aliphatic carbocycles. The largest absolute Gasteiger partial charge is 0.326 e. The van der Waals surface area contributed by atoms with Crippen LogP contribution in [0.3, 0.4) is 0 Å². The molecule has 0 saturated heterocycles. The second-order valence-electron chi connectivity index (χ2n) is 6.56. The molecule has 0 aliphatic rings. The summed E-state index contributed by atoms with van der Waals surface area (Å²) in [5.74, 6) is -0.670. The van der Waals surface area contributed by atoms with Crippen LogP contribution < -0.4 is 10.6 Å². The SMILES string of the molecule is CC(=O)Nc1ccc(-c2csc(NC(=O)CN(C)S(=O)(=O)c3ccc(Cl)cc3)n2)cc1. The van der Waals surface area contributed by atoms with Gasteiger partial charge in [0.15, 0.2) is 5.13 Å². The first kappa shape index (κ1) is 22.9. The van der Waals surface area contributed by atoms with Crippen LogP contribution in [0.5, 0.6) is 0 Å². The molecule has 0 fully saturated rings. The molecule has 2 N–H and O–H groups in total. The number of halogens is 1. The molecule has 1 heterocycles. The predicted octanol–water partition coefficient (Wildman–Crippen LogP) is 3.68. The van der Waals surface area contributed by atoms with Gasteiger partial charge < -0.3 is 10.6 Å². The van der Waals surface area contributed by atoms with Gasteiger partial charge in [0.05, 0.1) is 17.1 Å². The fourth-order valence-corrected chi connectivity index (χ4v) is 4.61. The first-order chi connectivity index (χ1) is 14.6. The van der Waals surface area contributed by atoms with Gasteiger partial charge in [-0.05, 0) is 36.4 Å². The van der Waals surface area contributed by atoms with Crippen LogP contribution in [0.25, 0.3) is 11.3 Å². The Morgan fingerprint density at radius 1 is 1.06 bits per heavy atom. The quantitative estimate of drug-likeness (QED) is 0.538. The Bertz CT molecular complexity index is 1190. The summed E-state index contributed by atoms with van der Waals surface area (Å²) < 4.78 is 26.1. The second kappa shape index (κ2) is 9.56. The van der Waals surface area contributed by atoms with Crippen molar-refractivity contribution < 1.29 is 18.0 Å². The third-order valence-electron chi connectivity index (χ3n) is 4.14. The highest BCUT2D eigenvalue weighted by atomic mass is 35.5. The minimum Gasteiger partial charge on any atom is -0.326 e. The number of likely N-dealkylation sites (N-methyl/N-ethyl adjacent to an activating group) is 1. The van der Waals surface area contributed by atoms with Gasteiger partial charge in [-0.25, -0.2) is 13.4 Å². The number of anilines is 2. The number of carbonyl (C=O) groups is 2. The molecule has 3 rings (SSSR count). The average Bonchev–Trinajstić information content (AvgIpc) is 3.16. The Balaban J connectivity index is 1.63. The molecule has 8 nitrogen and oxygen atoms in total. The van der Waals surface area contributed by atoms with Crippen LogP contribution in [0, 0.1) is 0 Å². The van der Waals surface area contributed by atoms with Gasteiger partial charge in [-0.1, -0.05) is 23.7 Å². The van der Waals surface area contributed by atoms with Crippen LogP contribution in [-0.2, 0) is 19.6 Å². The topological polar surface area (TPSA) is 108 Å². The Hall–Kier alpha value is -2.79. The molecule has 1 aromatic heterocycles. The number of hydrogen-bond acceptors (Lipinski definition) is 6. The van der Waals surface area contributed by atoms with E-state index in [9.17, 15) is 18.0 Å². The highest BCUT2D eigenvalue weighted by Gasteiger charge is 2.23. The lowest BCUT2D eigenvalue weighted by Gasteiger charge is -2.16. The third-order valence-corrected chi connectivity index (χ3v) is 6.97. The molecule has 162 valence electrons. The molecule has 0 atom stereocenters. The van der Waals surface area contributed by atoms with Crippen molar-refractivity contribution in [1.82, 2.24) is 9.29 Å². The van der Waals surface area contributed by atoms with E-state index in [2.05, 4.69) is 15.6 Å². The summed E-state index contributed by atoms with van der Waals surface area (Å²) in [6.07, 6.45) is 0. The number of thiazole rings is 1. The van der Waals surface area contributed by atoms with Gasteiger partial charge in [0, 0.05) is 35.6 Å². The first-order valence-corrected chi connectivity index (χ1v) is 11.7. The highest BCUT2D eigenvalue weighted by Crippen LogP contribution is 2.26. The summed E-state index contributed by atoms with van der Waals surface area (Å²) >= 11 is 7.02. The fourth-order valence-electron chi connectivity index (χ4n) is 2.62. The minimum absolute atomic E-state index is 0.0476. The zero-order chi connectivity index (χ0) is 22.6. The number of aromatic nitrogens is 1. The average molecular weight is 479 g/mol. The number of rotatable bonds is 7. The van der Waals surface area contributed by atoms with Crippen molar-refractivity contribution in [3.8, 4) is 11.3 Å². The van der Waals surface area contributed by atoms with Crippen LogP contribution in [0.4, 0.5) is 10.8 Å². The number of hydrogen-bond donors (Lipinski definition) is 2. The fraction of sp³-hybridized carbons (Fsp3) is 0.150. The van der Waals surface area contributed by atoms with E-state index in [0.29, 0.717) is 21.5 Å². The van der Waals surface area contributed by atoms with Gasteiger partial charge in [0.1, 0.15) is 0 Å². The number of nitrogens with zero attached hydrogens (tertiary/aromatic N) is 2. The molecule has 3 aromatic rings. The normalized spacial score (nSPS) is 11.4. The van der Waals surface area contributed by atoms with Crippen molar-refractivity contribution in [2.45, 2.75) is 11.8 Å². The summed E-state index contributed by atoms with van der Waals surface area (Å²) in [6.45, 7) is 1.06. The second-order valence-corrected chi connectivity index (χ2v) is 9.90. The molecule has 0 spiro atoms. The summed E-state index contributed by atoms with van der Waals surface area (Å²) in [7, 11) is -2.50. The number of nitrogens with one attached hydrogen (secondary N) is 2. The molecule has 11 heteroatoms. The van der Waals surface area contributed by atoms with E-state index < -0.39 is 15.9 Å². The maximum Gasteiger partial charge on any atom is 0.243 e. The third kappa shape index (κ3) is 5.88. The zero-order valence-electron chi connectivity index (χ0n) is 16.6. The van der Waals surface area contributed by atoms with E-state index >= 15 is 0 Å². The van der Waals surface area contributed by atoms with Gasteiger partial charge >= 0.3 is 0 Å². The van der Waals surface area contributed by atoms with E-state index in [0.717, 1.165) is 9.87 Å². The van der Waals surface area contributed by atoms with Gasteiger partial charge in [0.25, 0.3) is 0 Å². The van der Waals surface area contributed by atoms with E-state index in [1.807, 2.05) is 0 Å². The molecule has 0 bridgehead atoms. The standard InChI is InChI=1S/C20H19ClN4O4S2/c1-13(26)22-16-7-3-14(4-8-16)18-12-30-20(23-18)24-19(27)11-25(2)31(28,29)17-9-5-15(21)6-10-17/h3-10,12H,11H2,1-2H3,(H,22,26)(H,23,24,27). The van der Waals surface area contributed by atoms with Crippen molar-refractivity contribution >= 4 is 55.6 Å². The van der Waals surface area contributed by atoms with E-state index in [1.165, 1.54) is 49.6 Å². The lowest BCUT2D eigenvalue weighted by Crippen LogP contribution is -2.34. The molecular weight excluding hydrogens is 460 g/mol. The van der Waals surface area contributed by atoms with Crippen molar-refractivity contribution in [2.75, 3.05) is 24.2 Å². The molecule has 31 heavy (non-hydrogen) atoms. The van der Waals surface area contributed by atoms with Crippen molar-refractivity contribution in [3.05, 3.63) is 58.9 Å². The summed E-state index contributed by atoms with van der Waals surface area (Å²) in [5, 5.41) is 7.85. The van der Waals surface area contributed by atoms with Gasteiger partial charge in [-0.15, -0.1) is 11.3 Å². The van der Waals surface area contributed by atoms with E-state index in [1.54, 1.807) is 29.6 Å². The lowest BCUT2D eigenvalue weighted by atomic mass is 10.1. The summed E-state index contributed by atoms with van der Waals surface area (Å²) in [6, 6.07) is 12.8. The maximum atomic E-state index is 12.6.